The number of anilines is 1. The Labute approximate surface area is 107 Å². The van der Waals surface area contributed by atoms with Crippen molar-refractivity contribution in [2.75, 3.05) is 5.32 Å². The molecule has 2 rings (SSSR count). The number of hydrogen-bond acceptors (Lipinski definition) is 4. The van der Waals surface area contributed by atoms with Gasteiger partial charge < -0.3 is 9.88 Å². The zero-order chi connectivity index (χ0) is 13.0. The van der Waals surface area contributed by atoms with E-state index in [1.54, 1.807) is 29.8 Å². The first-order chi connectivity index (χ1) is 8.70. The molecule has 2 heterocycles. The Morgan fingerprint density at radius 1 is 1.44 bits per heavy atom. The van der Waals surface area contributed by atoms with Gasteiger partial charge in [0.2, 0.25) is 5.91 Å². The number of amides is 1. The van der Waals surface area contributed by atoms with Crippen LogP contribution in [0.3, 0.4) is 0 Å². The highest BCUT2D eigenvalue weighted by Gasteiger charge is 2.08. The summed E-state index contributed by atoms with van der Waals surface area (Å²) >= 11 is 1.28. The number of rotatable bonds is 3. The van der Waals surface area contributed by atoms with Gasteiger partial charge >= 0.3 is 0 Å². The minimum atomic E-state index is -0.331. The normalized spacial score (nSPS) is 9.72. The fraction of sp³-hybridized carbons (Fsp3) is 0.0833. The van der Waals surface area contributed by atoms with Gasteiger partial charge in [0.05, 0.1) is 5.56 Å². The van der Waals surface area contributed by atoms with Crippen molar-refractivity contribution in [3.63, 3.8) is 0 Å². The monoisotopic (exact) mass is 259 g/mol. The maximum absolute atomic E-state index is 11.7. The van der Waals surface area contributed by atoms with Gasteiger partial charge in [-0.25, -0.2) is 0 Å². The first-order valence-electron chi connectivity index (χ1n) is 5.13. The molecule has 0 unspecified atom stereocenters. The molecule has 0 saturated heterocycles. The quantitative estimate of drug-likeness (QED) is 0.905. The SMILES string of the molecule is N#Cc1ccsc1NC(=O)Cn1ccccc1=O. The highest BCUT2D eigenvalue weighted by molar-refractivity contribution is 7.14. The molecule has 0 aliphatic carbocycles. The molecule has 2 aromatic heterocycles. The van der Waals surface area contributed by atoms with Crippen LogP contribution in [0, 0.1) is 11.3 Å². The molecule has 0 radical (unpaired) electrons. The Bertz CT molecular complexity index is 666. The number of carbonyl (C=O) groups is 1. The summed E-state index contributed by atoms with van der Waals surface area (Å²) in [6.07, 6.45) is 1.54. The number of pyridine rings is 1. The van der Waals surface area contributed by atoms with Crippen molar-refractivity contribution in [2.24, 2.45) is 0 Å². The van der Waals surface area contributed by atoms with Crippen LogP contribution < -0.4 is 10.9 Å². The Hall–Kier alpha value is -2.39. The fourth-order valence-corrected chi connectivity index (χ4v) is 2.16. The molecular weight excluding hydrogens is 250 g/mol. The average molecular weight is 259 g/mol. The van der Waals surface area contributed by atoms with Gasteiger partial charge in [-0.15, -0.1) is 11.3 Å². The van der Waals surface area contributed by atoms with Gasteiger partial charge in [-0.05, 0) is 17.5 Å². The van der Waals surface area contributed by atoms with E-state index in [1.807, 2.05) is 6.07 Å². The fourth-order valence-electron chi connectivity index (χ4n) is 1.41. The van der Waals surface area contributed by atoms with Gasteiger partial charge in [-0.3, -0.25) is 9.59 Å². The van der Waals surface area contributed by atoms with Crippen LogP contribution in [0.15, 0.2) is 40.6 Å². The highest BCUT2D eigenvalue weighted by atomic mass is 32.1. The third-order valence-electron chi connectivity index (χ3n) is 2.25. The molecule has 90 valence electrons. The topological polar surface area (TPSA) is 74.9 Å². The molecule has 1 N–H and O–H groups in total. The molecule has 0 saturated carbocycles. The molecule has 0 bridgehead atoms. The summed E-state index contributed by atoms with van der Waals surface area (Å²) in [5.41, 5.74) is 0.188. The Kier molecular flexibility index (Phi) is 3.55. The number of carbonyl (C=O) groups excluding carboxylic acids is 1. The van der Waals surface area contributed by atoms with E-state index in [2.05, 4.69) is 5.32 Å². The van der Waals surface area contributed by atoms with E-state index in [-0.39, 0.29) is 18.0 Å². The van der Waals surface area contributed by atoms with Crippen molar-refractivity contribution in [1.29, 1.82) is 5.26 Å². The van der Waals surface area contributed by atoms with Crippen LogP contribution in [0.4, 0.5) is 5.00 Å². The van der Waals surface area contributed by atoms with Gasteiger partial charge in [0.1, 0.15) is 17.6 Å². The van der Waals surface area contributed by atoms with Crippen LogP contribution >= 0.6 is 11.3 Å². The summed E-state index contributed by atoms with van der Waals surface area (Å²) < 4.78 is 1.30. The zero-order valence-electron chi connectivity index (χ0n) is 9.29. The maximum atomic E-state index is 11.7. The lowest BCUT2D eigenvalue weighted by Crippen LogP contribution is -2.26. The van der Waals surface area contributed by atoms with Crippen LogP contribution in [-0.4, -0.2) is 10.5 Å². The largest absolute Gasteiger partial charge is 0.315 e. The number of thiophene rings is 1. The second-order valence-electron chi connectivity index (χ2n) is 3.49. The third kappa shape index (κ3) is 2.64. The van der Waals surface area contributed by atoms with E-state index < -0.39 is 0 Å². The third-order valence-corrected chi connectivity index (χ3v) is 3.08. The minimum Gasteiger partial charge on any atom is -0.315 e. The number of nitrogens with zero attached hydrogens (tertiary/aromatic N) is 2. The second kappa shape index (κ2) is 5.29. The molecule has 1 amide bonds. The number of aromatic nitrogens is 1. The van der Waals surface area contributed by atoms with Crippen molar-refractivity contribution in [1.82, 2.24) is 4.57 Å². The maximum Gasteiger partial charge on any atom is 0.250 e. The summed E-state index contributed by atoms with van der Waals surface area (Å²) in [4.78, 5) is 23.1. The predicted molar refractivity (Wildman–Crippen MR) is 68.4 cm³/mol. The molecule has 0 atom stereocenters. The number of hydrogen-bond donors (Lipinski definition) is 1. The molecule has 6 heteroatoms. The van der Waals surface area contributed by atoms with Crippen molar-refractivity contribution < 1.29 is 4.79 Å². The van der Waals surface area contributed by atoms with Gasteiger partial charge in [0, 0.05) is 12.3 Å². The van der Waals surface area contributed by atoms with Crippen molar-refractivity contribution in [2.45, 2.75) is 6.54 Å². The molecule has 2 aromatic rings. The van der Waals surface area contributed by atoms with E-state index in [0.717, 1.165) is 0 Å². The Balaban J connectivity index is 2.09. The molecule has 5 nitrogen and oxygen atoms in total. The van der Waals surface area contributed by atoms with Gasteiger partial charge in [0.25, 0.3) is 5.56 Å². The summed E-state index contributed by atoms with van der Waals surface area (Å²) in [6, 6.07) is 8.30. The second-order valence-corrected chi connectivity index (χ2v) is 4.41. The number of nitriles is 1. The zero-order valence-corrected chi connectivity index (χ0v) is 10.1. The van der Waals surface area contributed by atoms with Crippen molar-refractivity contribution >= 4 is 22.2 Å². The Morgan fingerprint density at radius 3 is 3.00 bits per heavy atom. The Morgan fingerprint density at radius 2 is 2.28 bits per heavy atom. The minimum absolute atomic E-state index is 0.0670. The molecule has 0 aromatic carbocycles. The van der Waals surface area contributed by atoms with Gasteiger partial charge in [-0.2, -0.15) is 5.26 Å². The van der Waals surface area contributed by atoms with Crippen LogP contribution in [0.1, 0.15) is 5.56 Å². The standard InChI is InChI=1S/C12H9N3O2S/c13-7-9-4-6-18-12(9)14-10(16)8-15-5-2-1-3-11(15)17/h1-6H,8H2,(H,14,16). The van der Waals surface area contributed by atoms with E-state index >= 15 is 0 Å². The summed E-state index contributed by atoms with van der Waals surface area (Å²) in [7, 11) is 0. The average Bonchev–Trinajstić information content (AvgIpc) is 2.79. The van der Waals surface area contributed by atoms with Crippen LogP contribution in [0.25, 0.3) is 0 Å². The lowest BCUT2D eigenvalue weighted by Gasteiger charge is -2.05. The predicted octanol–water partition coefficient (Wildman–Crippen LogP) is 1.42. The van der Waals surface area contributed by atoms with Crippen LogP contribution in [0.2, 0.25) is 0 Å². The van der Waals surface area contributed by atoms with Crippen LogP contribution in [-0.2, 0) is 11.3 Å². The molecule has 0 fully saturated rings. The first kappa shape index (κ1) is 12.1. The van der Waals surface area contributed by atoms with E-state index in [9.17, 15) is 9.59 Å². The molecule has 0 spiro atoms. The molecular formula is C12H9N3O2S. The molecule has 0 aliphatic heterocycles. The molecule has 0 aliphatic rings. The first-order valence-corrected chi connectivity index (χ1v) is 6.01. The van der Waals surface area contributed by atoms with E-state index in [1.165, 1.54) is 22.0 Å². The highest BCUT2D eigenvalue weighted by Crippen LogP contribution is 2.21. The van der Waals surface area contributed by atoms with Crippen molar-refractivity contribution in [3.05, 3.63) is 51.8 Å². The number of nitrogens with one attached hydrogen (secondary N) is 1. The van der Waals surface area contributed by atoms with E-state index in [4.69, 9.17) is 5.26 Å². The van der Waals surface area contributed by atoms with Crippen LogP contribution in [0.5, 0.6) is 0 Å². The molecule has 18 heavy (non-hydrogen) atoms. The van der Waals surface area contributed by atoms with Gasteiger partial charge in [0.15, 0.2) is 0 Å². The van der Waals surface area contributed by atoms with E-state index in [0.29, 0.717) is 10.6 Å². The van der Waals surface area contributed by atoms with Gasteiger partial charge in [-0.1, -0.05) is 6.07 Å². The lowest BCUT2D eigenvalue weighted by molar-refractivity contribution is -0.116. The lowest BCUT2D eigenvalue weighted by atomic mass is 10.3. The summed E-state index contributed by atoms with van der Waals surface area (Å²) in [5.74, 6) is -0.331. The van der Waals surface area contributed by atoms with Crippen molar-refractivity contribution in [3.8, 4) is 6.07 Å². The summed E-state index contributed by atoms with van der Waals surface area (Å²) in [5, 5.41) is 13.6. The smallest absolute Gasteiger partial charge is 0.250 e. The summed E-state index contributed by atoms with van der Waals surface area (Å²) in [6.45, 7) is -0.0670.